The number of rotatable bonds is 9. The average Bonchev–Trinajstić information content (AvgIpc) is 3.36. The van der Waals surface area contributed by atoms with Gasteiger partial charge in [-0.1, -0.05) is 12.1 Å². The zero-order chi connectivity index (χ0) is 21.8. The highest BCUT2D eigenvalue weighted by atomic mass is 32.1. The van der Waals surface area contributed by atoms with Gasteiger partial charge in [-0.15, -0.1) is 16.4 Å². The van der Waals surface area contributed by atoms with E-state index in [1.165, 1.54) is 10.8 Å². The van der Waals surface area contributed by atoms with Gasteiger partial charge in [0.1, 0.15) is 0 Å². The first-order chi connectivity index (χ1) is 15.1. The number of aromatic nitrogens is 3. The van der Waals surface area contributed by atoms with Crippen LogP contribution in [0.25, 0.3) is 16.8 Å². The van der Waals surface area contributed by atoms with E-state index < -0.39 is 0 Å². The standard InChI is InChI=1S/C22H24N4O4S/c1-29-17-9-5-15(14-18(17)30-2)6-10-20(27)23-11-12-25-22(28)26(16-7-8-16)21(24-25)19-4-3-13-31-19/h3-6,9-10,13-14,16H,7-8,11-12H2,1-2H3,(H,23,27)/b10-6+. The summed E-state index contributed by atoms with van der Waals surface area (Å²) in [6, 6.07) is 9.56. The van der Waals surface area contributed by atoms with Crippen molar-refractivity contribution in [2.75, 3.05) is 20.8 Å². The van der Waals surface area contributed by atoms with Crippen molar-refractivity contribution in [1.82, 2.24) is 19.7 Å². The lowest BCUT2D eigenvalue weighted by Gasteiger charge is -2.07. The smallest absolute Gasteiger partial charge is 0.346 e. The zero-order valence-electron chi connectivity index (χ0n) is 17.4. The minimum Gasteiger partial charge on any atom is -0.493 e. The Morgan fingerprint density at radius 3 is 2.74 bits per heavy atom. The van der Waals surface area contributed by atoms with Crippen LogP contribution in [-0.4, -0.2) is 41.0 Å². The van der Waals surface area contributed by atoms with Crippen LogP contribution in [0.3, 0.4) is 0 Å². The third-order valence-corrected chi connectivity index (χ3v) is 5.85. The van der Waals surface area contributed by atoms with Crippen LogP contribution in [0.2, 0.25) is 0 Å². The minimum atomic E-state index is -0.247. The van der Waals surface area contributed by atoms with Crippen molar-refractivity contribution in [3.63, 3.8) is 0 Å². The molecule has 0 aliphatic heterocycles. The minimum absolute atomic E-state index is 0.124. The Labute approximate surface area is 183 Å². The van der Waals surface area contributed by atoms with Gasteiger partial charge in [-0.25, -0.2) is 9.48 Å². The molecule has 1 saturated carbocycles. The summed E-state index contributed by atoms with van der Waals surface area (Å²) in [4.78, 5) is 25.9. The topological polar surface area (TPSA) is 87.4 Å². The van der Waals surface area contributed by atoms with Crippen LogP contribution in [-0.2, 0) is 11.3 Å². The van der Waals surface area contributed by atoms with E-state index >= 15 is 0 Å². The average molecular weight is 441 g/mol. The van der Waals surface area contributed by atoms with Gasteiger partial charge in [0.15, 0.2) is 17.3 Å². The van der Waals surface area contributed by atoms with Gasteiger partial charge in [0.05, 0.1) is 25.6 Å². The van der Waals surface area contributed by atoms with Crippen molar-refractivity contribution in [1.29, 1.82) is 0 Å². The first-order valence-electron chi connectivity index (χ1n) is 10.0. The number of hydrogen-bond acceptors (Lipinski definition) is 6. The number of hydrogen-bond donors (Lipinski definition) is 1. The predicted octanol–water partition coefficient (Wildman–Crippen LogP) is 2.96. The summed E-state index contributed by atoms with van der Waals surface area (Å²) in [5.41, 5.74) is 0.689. The summed E-state index contributed by atoms with van der Waals surface area (Å²) in [5.74, 6) is 1.68. The second-order valence-electron chi connectivity index (χ2n) is 7.15. The van der Waals surface area contributed by atoms with Crippen LogP contribution in [0.4, 0.5) is 0 Å². The number of amides is 1. The molecule has 1 fully saturated rings. The molecular weight excluding hydrogens is 416 g/mol. The second kappa shape index (κ2) is 9.22. The van der Waals surface area contributed by atoms with E-state index in [9.17, 15) is 9.59 Å². The Morgan fingerprint density at radius 2 is 2.06 bits per heavy atom. The number of ether oxygens (including phenoxy) is 2. The third-order valence-electron chi connectivity index (χ3n) is 4.98. The fraction of sp³-hybridized carbons (Fsp3) is 0.318. The zero-order valence-corrected chi connectivity index (χ0v) is 18.2. The molecule has 2 heterocycles. The van der Waals surface area contributed by atoms with E-state index in [-0.39, 0.29) is 17.6 Å². The van der Waals surface area contributed by atoms with Crippen molar-refractivity contribution in [2.45, 2.75) is 25.4 Å². The molecule has 1 N–H and O–H groups in total. The molecule has 0 unspecified atom stereocenters. The van der Waals surface area contributed by atoms with Crippen LogP contribution in [0.1, 0.15) is 24.4 Å². The summed E-state index contributed by atoms with van der Waals surface area (Å²) in [7, 11) is 3.14. The van der Waals surface area contributed by atoms with Gasteiger partial charge in [0.2, 0.25) is 5.91 Å². The highest BCUT2D eigenvalue weighted by Crippen LogP contribution is 2.37. The van der Waals surface area contributed by atoms with Crippen LogP contribution in [0, 0.1) is 0 Å². The van der Waals surface area contributed by atoms with E-state index in [0.29, 0.717) is 30.4 Å². The molecule has 0 spiro atoms. The summed E-state index contributed by atoms with van der Waals surface area (Å²) < 4.78 is 13.7. The normalized spacial score (nSPS) is 13.5. The van der Waals surface area contributed by atoms with Crippen LogP contribution >= 0.6 is 11.3 Å². The van der Waals surface area contributed by atoms with Gasteiger partial charge in [0, 0.05) is 18.7 Å². The molecule has 1 aromatic carbocycles. The van der Waals surface area contributed by atoms with E-state index in [2.05, 4.69) is 10.4 Å². The molecule has 0 atom stereocenters. The predicted molar refractivity (Wildman–Crippen MR) is 120 cm³/mol. The quantitative estimate of drug-likeness (QED) is 0.517. The molecule has 2 aromatic heterocycles. The number of methoxy groups -OCH3 is 2. The van der Waals surface area contributed by atoms with Crippen LogP contribution in [0.15, 0.2) is 46.6 Å². The molecule has 1 aliphatic rings. The summed E-state index contributed by atoms with van der Waals surface area (Å²) in [5, 5.41) is 9.30. The highest BCUT2D eigenvalue weighted by molar-refractivity contribution is 7.13. The van der Waals surface area contributed by atoms with E-state index in [4.69, 9.17) is 9.47 Å². The van der Waals surface area contributed by atoms with Crippen LogP contribution in [0.5, 0.6) is 11.5 Å². The van der Waals surface area contributed by atoms with E-state index in [1.807, 2.05) is 23.6 Å². The molecular formula is C22H24N4O4S. The molecule has 1 amide bonds. The highest BCUT2D eigenvalue weighted by Gasteiger charge is 2.30. The van der Waals surface area contributed by atoms with Gasteiger partial charge < -0.3 is 14.8 Å². The fourth-order valence-electron chi connectivity index (χ4n) is 3.27. The second-order valence-corrected chi connectivity index (χ2v) is 8.09. The lowest BCUT2D eigenvalue weighted by atomic mass is 10.2. The molecule has 3 aromatic rings. The number of carbonyl (C=O) groups excluding carboxylic acids is 1. The number of carbonyl (C=O) groups is 1. The van der Waals surface area contributed by atoms with Gasteiger partial charge in [-0.3, -0.25) is 9.36 Å². The SMILES string of the molecule is COc1ccc(/C=C/C(=O)NCCn2nc(-c3cccs3)n(C3CC3)c2=O)cc1OC. The molecule has 4 rings (SSSR count). The Kier molecular flexibility index (Phi) is 6.22. The Balaban J connectivity index is 1.37. The summed E-state index contributed by atoms with van der Waals surface area (Å²) >= 11 is 1.56. The number of nitrogens with one attached hydrogen (secondary N) is 1. The molecule has 31 heavy (non-hydrogen) atoms. The number of thiophene rings is 1. The first kappa shape index (κ1) is 20.9. The van der Waals surface area contributed by atoms with Crippen LogP contribution < -0.4 is 20.5 Å². The largest absolute Gasteiger partial charge is 0.493 e. The maximum absolute atomic E-state index is 12.8. The lowest BCUT2D eigenvalue weighted by molar-refractivity contribution is -0.116. The maximum atomic E-state index is 12.8. The van der Waals surface area contributed by atoms with E-state index in [1.54, 1.807) is 48.3 Å². The number of nitrogens with zero attached hydrogens (tertiary/aromatic N) is 3. The lowest BCUT2D eigenvalue weighted by Crippen LogP contribution is -2.31. The van der Waals surface area contributed by atoms with Gasteiger partial charge in [-0.05, 0) is 48.1 Å². The fourth-order valence-corrected chi connectivity index (χ4v) is 3.98. The monoisotopic (exact) mass is 440 g/mol. The molecule has 0 saturated heterocycles. The van der Waals surface area contributed by atoms with Crippen molar-refractivity contribution in [3.8, 4) is 22.2 Å². The van der Waals surface area contributed by atoms with Gasteiger partial charge >= 0.3 is 5.69 Å². The van der Waals surface area contributed by atoms with Gasteiger partial charge in [0.25, 0.3) is 0 Å². The summed E-state index contributed by atoms with van der Waals surface area (Å²) in [6.07, 6.45) is 5.15. The van der Waals surface area contributed by atoms with Crippen molar-refractivity contribution < 1.29 is 14.3 Å². The van der Waals surface area contributed by atoms with Crippen molar-refractivity contribution in [2.24, 2.45) is 0 Å². The Hall–Kier alpha value is -3.33. The molecule has 162 valence electrons. The molecule has 9 heteroatoms. The van der Waals surface area contributed by atoms with Gasteiger partial charge in [-0.2, -0.15) is 0 Å². The first-order valence-corrected chi connectivity index (χ1v) is 10.9. The van der Waals surface area contributed by atoms with Crippen molar-refractivity contribution >= 4 is 23.3 Å². The molecule has 1 aliphatic carbocycles. The maximum Gasteiger partial charge on any atom is 0.346 e. The Morgan fingerprint density at radius 1 is 1.26 bits per heavy atom. The molecule has 0 radical (unpaired) electrons. The molecule has 0 bridgehead atoms. The third kappa shape index (κ3) is 4.72. The number of benzene rings is 1. The van der Waals surface area contributed by atoms with Crippen molar-refractivity contribution in [3.05, 3.63) is 57.8 Å². The van der Waals surface area contributed by atoms with E-state index in [0.717, 1.165) is 23.3 Å². The summed E-state index contributed by atoms with van der Waals surface area (Å²) in [6.45, 7) is 0.618. The molecule has 8 nitrogen and oxygen atoms in total. The Bertz CT molecular complexity index is 1140.